The van der Waals surface area contributed by atoms with E-state index in [0.717, 1.165) is 44.9 Å². The Morgan fingerprint density at radius 3 is 2.34 bits per heavy atom. The topological polar surface area (TPSA) is 90.2 Å². The molecule has 5 aliphatic rings. The second-order valence-corrected chi connectivity index (χ2v) is 14.6. The van der Waals surface area contributed by atoms with Crippen molar-refractivity contribution in [3.05, 3.63) is 0 Å². The van der Waals surface area contributed by atoms with Crippen LogP contribution >= 0.6 is 0 Å². The number of amides is 1. The molecule has 0 bridgehead atoms. The summed E-state index contributed by atoms with van der Waals surface area (Å²) in [4.78, 5) is 14.4. The van der Waals surface area contributed by atoms with Crippen LogP contribution in [0.4, 0.5) is 4.79 Å². The van der Waals surface area contributed by atoms with Crippen LogP contribution in [-0.4, -0.2) is 64.8 Å². The monoisotopic (exact) mass is 533 g/mol. The molecule has 5 rings (SSSR count). The molecule has 0 spiro atoms. The maximum atomic E-state index is 12.6. The van der Waals surface area contributed by atoms with Gasteiger partial charge in [0.05, 0.1) is 18.8 Å². The van der Waals surface area contributed by atoms with Crippen LogP contribution in [-0.2, 0) is 4.74 Å². The van der Waals surface area contributed by atoms with Crippen molar-refractivity contribution in [2.24, 2.45) is 58.2 Å². The lowest BCUT2D eigenvalue weighted by molar-refractivity contribution is -0.203. The van der Waals surface area contributed by atoms with E-state index in [4.69, 9.17) is 4.74 Å². The molecular weight excluding hydrogens is 478 g/mol. The van der Waals surface area contributed by atoms with Crippen molar-refractivity contribution in [1.82, 2.24) is 4.90 Å². The maximum absolute atomic E-state index is 12.6. The third-order valence-corrected chi connectivity index (χ3v) is 13.1. The molecule has 6 nitrogen and oxygen atoms in total. The van der Waals surface area contributed by atoms with E-state index in [-0.39, 0.29) is 35.7 Å². The van der Waals surface area contributed by atoms with E-state index in [2.05, 4.69) is 27.7 Å². The number of aliphatic hydroxyl groups is 3. The zero-order valence-corrected chi connectivity index (χ0v) is 24.5. The minimum Gasteiger partial charge on any atom is -0.449 e. The first-order chi connectivity index (χ1) is 18.1. The number of hydrogen-bond donors (Lipinski definition) is 3. The number of piperidine rings is 1. The average Bonchev–Trinajstić information content (AvgIpc) is 3.27. The lowest BCUT2D eigenvalue weighted by Gasteiger charge is -2.64. The SMILES string of the molecule is CC[C@H]1[C@@H](O)[C@@H]2[C@H](CC[C@]3(C)[C@@H]([C@H](C)CCOC(=O)N4CCC(CO)CC4)CC[C@@H]23)[C@@]2(C)CC[C@@H](O)C[C@@H]12. The van der Waals surface area contributed by atoms with Gasteiger partial charge in [0.15, 0.2) is 0 Å². The van der Waals surface area contributed by atoms with Crippen LogP contribution in [0.3, 0.4) is 0 Å². The van der Waals surface area contributed by atoms with E-state index in [1.54, 1.807) is 4.90 Å². The van der Waals surface area contributed by atoms with Gasteiger partial charge in [-0.2, -0.15) is 0 Å². The summed E-state index contributed by atoms with van der Waals surface area (Å²) in [5.41, 5.74) is 0.488. The number of likely N-dealkylation sites (tertiary alicyclic amines) is 1. The lowest BCUT2D eigenvalue weighted by Crippen LogP contribution is -2.62. The highest BCUT2D eigenvalue weighted by Gasteiger charge is 2.64. The molecule has 218 valence electrons. The number of carbonyl (C=O) groups excluding carboxylic acids is 1. The smallest absolute Gasteiger partial charge is 0.409 e. The van der Waals surface area contributed by atoms with E-state index < -0.39 is 0 Å². The van der Waals surface area contributed by atoms with Gasteiger partial charge in [-0.25, -0.2) is 4.79 Å². The minimum absolute atomic E-state index is 0.194. The molecule has 11 atom stereocenters. The summed E-state index contributed by atoms with van der Waals surface area (Å²) in [7, 11) is 0. The number of aliphatic hydroxyl groups excluding tert-OH is 3. The van der Waals surface area contributed by atoms with Crippen molar-refractivity contribution in [1.29, 1.82) is 0 Å². The fourth-order valence-corrected chi connectivity index (χ4v) is 10.9. The highest BCUT2D eigenvalue weighted by atomic mass is 16.6. The Morgan fingerprint density at radius 1 is 0.974 bits per heavy atom. The van der Waals surface area contributed by atoms with E-state index >= 15 is 0 Å². The van der Waals surface area contributed by atoms with Crippen LogP contribution in [0.15, 0.2) is 0 Å². The molecule has 3 N–H and O–H groups in total. The van der Waals surface area contributed by atoms with E-state index in [1.165, 1.54) is 25.7 Å². The third kappa shape index (κ3) is 4.83. The molecule has 1 heterocycles. The van der Waals surface area contributed by atoms with E-state index in [9.17, 15) is 20.1 Å². The zero-order chi connectivity index (χ0) is 27.2. The molecule has 0 aromatic heterocycles. The van der Waals surface area contributed by atoms with Crippen molar-refractivity contribution < 1.29 is 24.9 Å². The van der Waals surface area contributed by atoms with Gasteiger partial charge in [-0.3, -0.25) is 0 Å². The van der Waals surface area contributed by atoms with Gasteiger partial charge in [-0.15, -0.1) is 0 Å². The predicted octanol–water partition coefficient (Wildman–Crippen LogP) is 5.48. The van der Waals surface area contributed by atoms with Gasteiger partial charge in [0.2, 0.25) is 0 Å². The first-order valence-corrected chi connectivity index (χ1v) is 16.0. The highest BCUT2D eigenvalue weighted by molar-refractivity contribution is 5.67. The molecule has 1 saturated heterocycles. The fourth-order valence-electron chi connectivity index (χ4n) is 10.9. The van der Waals surface area contributed by atoms with Crippen molar-refractivity contribution in [2.75, 3.05) is 26.3 Å². The summed E-state index contributed by atoms with van der Waals surface area (Å²) in [6, 6.07) is 0. The van der Waals surface area contributed by atoms with Crippen LogP contribution < -0.4 is 0 Å². The number of fused-ring (bicyclic) bond motifs is 5. The summed E-state index contributed by atoms with van der Waals surface area (Å²) in [6.07, 6.45) is 10.8. The quantitative estimate of drug-likeness (QED) is 0.421. The number of hydrogen-bond acceptors (Lipinski definition) is 5. The van der Waals surface area contributed by atoms with Crippen LogP contribution in [0.25, 0.3) is 0 Å². The predicted molar refractivity (Wildman–Crippen MR) is 148 cm³/mol. The second-order valence-electron chi connectivity index (χ2n) is 14.6. The Balaban J connectivity index is 1.22. The van der Waals surface area contributed by atoms with Gasteiger partial charge in [0, 0.05) is 19.7 Å². The fraction of sp³-hybridized carbons (Fsp3) is 0.969. The lowest BCUT2D eigenvalue weighted by atomic mass is 9.41. The summed E-state index contributed by atoms with van der Waals surface area (Å²) in [6.45, 7) is 11.7. The van der Waals surface area contributed by atoms with Gasteiger partial charge >= 0.3 is 6.09 Å². The molecule has 38 heavy (non-hydrogen) atoms. The normalized spacial score (nSPS) is 46.1. The van der Waals surface area contributed by atoms with Gasteiger partial charge < -0.3 is 25.0 Å². The molecule has 4 aliphatic carbocycles. The molecule has 0 aromatic carbocycles. The average molecular weight is 534 g/mol. The minimum atomic E-state index is -0.247. The maximum Gasteiger partial charge on any atom is 0.409 e. The van der Waals surface area contributed by atoms with Crippen LogP contribution in [0.1, 0.15) is 98.3 Å². The van der Waals surface area contributed by atoms with E-state index in [1.807, 2.05) is 0 Å². The standard InChI is InChI=1S/C32H55NO5/c1-5-23-27-18-22(35)8-13-32(27,4)26-9-14-31(3)24(6-7-25(31)28(26)29(23)36)20(2)12-17-38-30(37)33-15-10-21(19-34)11-16-33/h20-29,34-36H,5-19H2,1-4H3/t20-,22-,23-,24-,25+,26+,27+,28+,29-,31-,32-/m1/s1. The van der Waals surface area contributed by atoms with Gasteiger partial charge in [-0.05, 0) is 122 Å². The largest absolute Gasteiger partial charge is 0.449 e. The molecule has 4 saturated carbocycles. The molecule has 6 heteroatoms. The Bertz CT molecular complexity index is 829. The number of ether oxygens (including phenoxy) is 1. The summed E-state index contributed by atoms with van der Waals surface area (Å²) in [5, 5.41) is 31.8. The van der Waals surface area contributed by atoms with Crippen LogP contribution in [0, 0.1) is 58.2 Å². The first kappa shape index (κ1) is 28.7. The van der Waals surface area contributed by atoms with Crippen molar-refractivity contribution >= 4 is 6.09 Å². The Kier molecular flexibility index (Phi) is 8.45. The third-order valence-electron chi connectivity index (χ3n) is 13.1. The number of carbonyl (C=O) groups is 1. The molecule has 5 fully saturated rings. The summed E-state index contributed by atoms with van der Waals surface area (Å²) >= 11 is 0. The summed E-state index contributed by atoms with van der Waals surface area (Å²) in [5.74, 6) is 3.68. The number of nitrogens with zero attached hydrogens (tertiary/aromatic N) is 1. The summed E-state index contributed by atoms with van der Waals surface area (Å²) < 4.78 is 5.73. The van der Waals surface area contributed by atoms with Crippen molar-refractivity contribution in [2.45, 2.75) is 111 Å². The van der Waals surface area contributed by atoms with Crippen molar-refractivity contribution in [3.8, 4) is 0 Å². The number of rotatable bonds is 6. The molecule has 0 aromatic rings. The Labute approximate surface area is 230 Å². The second kappa shape index (κ2) is 11.2. The van der Waals surface area contributed by atoms with E-state index in [0.29, 0.717) is 67.0 Å². The molecule has 1 amide bonds. The zero-order valence-electron chi connectivity index (χ0n) is 24.5. The first-order valence-electron chi connectivity index (χ1n) is 16.0. The van der Waals surface area contributed by atoms with Gasteiger partial charge in [0.1, 0.15) is 0 Å². The van der Waals surface area contributed by atoms with Crippen LogP contribution in [0.5, 0.6) is 0 Å². The Hall–Kier alpha value is -0.850. The highest BCUT2D eigenvalue weighted by Crippen LogP contribution is 2.69. The van der Waals surface area contributed by atoms with Crippen molar-refractivity contribution in [3.63, 3.8) is 0 Å². The molecule has 1 aliphatic heterocycles. The van der Waals surface area contributed by atoms with Gasteiger partial charge in [-0.1, -0.05) is 34.1 Å². The molecular formula is C32H55NO5. The Morgan fingerprint density at radius 2 is 1.66 bits per heavy atom. The van der Waals surface area contributed by atoms with Crippen LogP contribution in [0.2, 0.25) is 0 Å². The molecule has 0 unspecified atom stereocenters. The molecule has 0 radical (unpaired) electrons. The van der Waals surface area contributed by atoms with Gasteiger partial charge in [0.25, 0.3) is 0 Å².